The average molecular weight is 1750 g/mol. The van der Waals surface area contributed by atoms with Crippen LogP contribution in [0.5, 0.6) is 0 Å². The van der Waals surface area contributed by atoms with Gasteiger partial charge in [0, 0.05) is 45.4 Å². The monoisotopic (exact) mass is 1750 g/mol. The molecule has 0 bridgehead atoms. The number of ether oxygens (including phenoxy) is 12. The van der Waals surface area contributed by atoms with Gasteiger partial charge in [-0.3, -0.25) is 14.4 Å². The largest absolute Gasteiger partial charge is 0.477 e. The van der Waals surface area contributed by atoms with Crippen molar-refractivity contribution in [3.63, 3.8) is 0 Å². The topological polar surface area (TPSA) is 674 Å². The molecule has 6 aliphatic rings. The summed E-state index contributed by atoms with van der Waals surface area (Å²) in [6, 6.07) is -5.09. The Morgan fingerprint density at radius 3 is 1.43 bits per heavy atom. The Balaban J connectivity index is 1.37. The third kappa shape index (κ3) is 29.5. The first-order chi connectivity index (χ1) is 57.6. The second kappa shape index (κ2) is 52.1. The molecule has 24 N–H and O–H groups in total. The summed E-state index contributed by atoms with van der Waals surface area (Å²) in [5.74, 6) is -16.5. The molecular weight excluding hydrogens is 1610 g/mol. The molecule has 3 amide bonds. The second-order valence-corrected chi connectivity index (χ2v) is 32.5. The van der Waals surface area contributed by atoms with Gasteiger partial charge in [-0.05, 0) is 26.2 Å². The maximum Gasteiger partial charge on any atom is 0.364 e. The third-order valence-corrected chi connectivity index (χ3v) is 22.9. The van der Waals surface area contributed by atoms with Gasteiger partial charge in [-0.2, -0.15) is 0 Å². The van der Waals surface area contributed by atoms with Crippen LogP contribution in [0.25, 0.3) is 0 Å². The van der Waals surface area contributed by atoms with Gasteiger partial charge in [0.2, 0.25) is 17.7 Å². The van der Waals surface area contributed by atoms with Gasteiger partial charge >= 0.3 is 11.9 Å². The van der Waals surface area contributed by atoms with Crippen LogP contribution in [0.4, 0.5) is 0 Å². The second-order valence-electron chi connectivity index (χ2n) is 32.5. The molecule has 121 heavy (non-hydrogen) atoms. The number of unbranched alkanes of at least 4 members (excludes halogenated alkanes) is 19. The molecule has 6 rings (SSSR count). The van der Waals surface area contributed by atoms with E-state index in [4.69, 9.17) is 56.8 Å². The minimum Gasteiger partial charge on any atom is -0.477 e. The van der Waals surface area contributed by atoms with Crippen molar-refractivity contribution in [3.05, 3.63) is 12.2 Å². The van der Waals surface area contributed by atoms with E-state index in [9.17, 15) is 136 Å². The van der Waals surface area contributed by atoms with E-state index < -0.39 is 308 Å². The first kappa shape index (κ1) is 105. The van der Waals surface area contributed by atoms with Crippen molar-refractivity contribution in [1.29, 1.82) is 0 Å². The molecule has 6 aliphatic heterocycles. The lowest BCUT2D eigenvalue weighted by Gasteiger charge is -2.53. The number of allylic oxidation sites excluding steroid dienone is 1. The van der Waals surface area contributed by atoms with E-state index in [1.807, 2.05) is 0 Å². The summed E-state index contributed by atoms with van der Waals surface area (Å²) in [6.07, 6.45) is -40.0. The van der Waals surface area contributed by atoms with Crippen molar-refractivity contribution in [2.45, 2.75) is 396 Å². The van der Waals surface area contributed by atoms with Gasteiger partial charge in [0.1, 0.15) is 128 Å². The van der Waals surface area contributed by atoms with Crippen molar-refractivity contribution in [2.75, 3.05) is 46.2 Å². The number of carbonyl (C=O) groups excluding carboxylic acids is 4. The van der Waals surface area contributed by atoms with E-state index in [2.05, 4.69) is 29.8 Å². The maximum absolute atomic E-state index is 14.4. The lowest BCUT2D eigenvalue weighted by molar-refractivity contribution is -0.407. The number of amides is 3. The van der Waals surface area contributed by atoms with Crippen LogP contribution in [-0.4, -0.2) is 390 Å². The van der Waals surface area contributed by atoms with E-state index in [0.717, 1.165) is 104 Å². The lowest BCUT2D eigenvalue weighted by Crippen LogP contribution is -2.72. The van der Waals surface area contributed by atoms with Crippen LogP contribution in [-0.2, 0) is 85.6 Å². The number of nitrogens with one attached hydrogen (secondary N) is 3. The fourth-order valence-corrected chi connectivity index (χ4v) is 16.1. The first-order valence-electron chi connectivity index (χ1n) is 42.4. The van der Waals surface area contributed by atoms with Crippen molar-refractivity contribution in [2.24, 2.45) is 5.92 Å². The molecule has 42 heteroatoms. The van der Waals surface area contributed by atoms with E-state index in [-0.39, 0.29) is 6.42 Å². The molecule has 0 aliphatic carbocycles. The van der Waals surface area contributed by atoms with Crippen LogP contribution >= 0.6 is 0 Å². The normalized spacial score (nSPS) is 36.3. The molecule has 6 fully saturated rings. The molecule has 42 nitrogen and oxygen atoms in total. The standard InChI is InChI=1S/C79H137N3O39/c1-6-8-10-12-14-16-17-18-19-21-22-24-26-28-45(92)44(82-54(96)29-27-25-23-20-15-13-11-9-7-2)39-110-73-64(104)62(102)67(52(37-87)113-73)116-75-65(105)71(68(53(38-88)114-75)117-72-43(30-40(3)89)66(59(99)50(35-85)111-72)115-74-63(103)61(101)58(98)49(34-84)112-74)121-79(77(108)109)32-47(94)56(81-42(5)91)70(120-79)60(100)51(36-86)118-78(76(106)107)31-46(93)55(80-41(4)90)69(119-78)57(97)48(95)33-83/h26,28,43-53,55-75,83-88,92-95,97-105H,6-25,27,29-39H2,1-5H3,(H,80,90)(H,81,91)(H,82,96)(H,106,107)(H,108,109)/b28-26-/t43-,44+,45-,46+,47+,48-,49-,50-,51-,52-,53-,55-,56-,57-,58+,59+,60-,61+,62-,63-,64-,65-,66-,67-,68+,69?,70?,71-,72+,73-,74+,75+,78-,79+/m1/s1. The molecule has 0 radical (unpaired) electrons. The highest BCUT2D eigenvalue weighted by atomic mass is 16.8. The Kier molecular flexibility index (Phi) is 45.3. The molecule has 0 aromatic carbocycles. The Morgan fingerprint density at radius 2 is 0.917 bits per heavy atom. The zero-order valence-corrected chi connectivity index (χ0v) is 69.5. The number of aliphatic carboxylic acids is 2. The van der Waals surface area contributed by atoms with Gasteiger partial charge in [-0.25, -0.2) is 9.59 Å². The van der Waals surface area contributed by atoms with Crippen LogP contribution in [0.15, 0.2) is 12.2 Å². The molecule has 0 aromatic heterocycles. The predicted molar refractivity (Wildman–Crippen MR) is 413 cm³/mol. The third-order valence-electron chi connectivity index (χ3n) is 22.9. The number of ketones is 1. The van der Waals surface area contributed by atoms with E-state index in [0.29, 0.717) is 12.8 Å². The number of carboxylic acid groups (broad SMARTS) is 2. The van der Waals surface area contributed by atoms with E-state index in [1.165, 1.54) is 44.6 Å². The van der Waals surface area contributed by atoms with Gasteiger partial charge < -0.3 is 185 Å². The fourth-order valence-electron chi connectivity index (χ4n) is 16.1. The number of aliphatic hydroxyl groups is 19. The highest BCUT2D eigenvalue weighted by molar-refractivity contribution is 5.78. The SMILES string of the molecule is CCCCCCCCCCCCC/C=C\[C@@H](O)[C@H](CO[C@@H]1O[C@H](CO)[C@@H](O[C@@H]2O[C@H](CO)[C@H](O[C@@H]3O[C@H](CO)[C@H](O)[C@H](O[C@@H]4O[C@H](CO)[C@H](O)[C@H](O)[C@H]4O)[C@H]3CC(C)=O)[C@H](O[C@]3(C(=O)O)C[C@H](O)[C@@H](NC(C)=O)C([C@H](O)[C@@H](CO)O[C@]4(C(=O)O)C[C@H](O)[C@@H](NC(C)=O)C([C@H](O)[C@H](O)CO)O4)O3)[C@H]2O)[C@H](O)[C@H]1O)NC(=O)CCCCCCCCCCC. The van der Waals surface area contributed by atoms with Gasteiger partial charge in [-0.15, -0.1) is 0 Å². The Labute approximate surface area is 702 Å². The van der Waals surface area contributed by atoms with Crippen LogP contribution < -0.4 is 16.0 Å². The quantitative estimate of drug-likeness (QED) is 0.0200. The smallest absolute Gasteiger partial charge is 0.364 e. The molecule has 6 heterocycles. The van der Waals surface area contributed by atoms with Crippen LogP contribution in [0, 0.1) is 5.92 Å². The van der Waals surface area contributed by atoms with E-state index in [1.54, 1.807) is 6.08 Å². The number of hydrogen-bond acceptors (Lipinski definition) is 37. The molecule has 0 spiro atoms. The molecule has 0 saturated carbocycles. The highest BCUT2D eigenvalue weighted by Crippen LogP contribution is 2.44. The Bertz CT molecular complexity index is 3080. The predicted octanol–water partition coefficient (Wildman–Crippen LogP) is -5.12. The van der Waals surface area contributed by atoms with Crippen LogP contribution in [0.2, 0.25) is 0 Å². The molecule has 2 unspecified atom stereocenters. The highest BCUT2D eigenvalue weighted by Gasteiger charge is 2.64. The molecule has 0 aromatic rings. The van der Waals surface area contributed by atoms with Gasteiger partial charge in [0.15, 0.2) is 25.2 Å². The summed E-state index contributed by atoms with van der Waals surface area (Å²) in [5.41, 5.74) is 0. The van der Waals surface area contributed by atoms with Crippen LogP contribution in [0.1, 0.15) is 195 Å². The maximum atomic E-state index is 14.4. The number of carbonyl (C=O) groups is 6. The summed E-state index contributed by atoms with van der Waals surface area (Å²) in [6.45, 7) is -0.874. The van der Waals surface area contributed by atoms with Gasteiger partial charge in [-0.1, -0.05) is 142 Å². The zero-order chi connectivity index (χ0) is 89.6. The zero-order valence-electron chi connectivity index (χ0n) is 69.5. The molecule has 702 valence electrons. The summed E-state index contributed by atoms with van der Waals surface area (Å²) in [5, 5.41) is 245. The molecule has 6 saturated heterocycles. The minimum atomic E-state index is -3.68. The van der Waals surface area contributed by atoms with Crippen molar-refractivity contribution in [3.8, 4) is 0 Å². The summed E-state index contributed by atoms with van der Waals surface area (Å²) >= 11 is 0. The number of hydrogen-bond donors (Lipinski definition) is 24. The number of Topliss-reactive ketones (excluding diaryl/α,β-unsaturated/α-hetero) is 1. The Hall–Kier alpha value is -4.48. The minimum absolute atomic E-state index is 0.0860. The van der Waals surface area contributed by atoms with Crippen molar-refractivity contribution < 1.29 is 193 Å². The van der Waals surface area contributed by atoms with Gasteiger partial charge in [0.05, 0.1) is 88.8 Å². The molecular formula is C79H137N3O39. The molecule has 34 atom stereocenters. The van der Waals surface area contributed by atoms with E-state index >= 15 is 0 Å². The van der Waals surface area contributed by atoms with Crippen molar-refractivity contribution >= 4 is 35.4 Å². The summed E-state index contributed by atoms with van der Waals surface area (Å²) in [4.78, 5) is 80.2. The first-order valence-corrected chi connectivity index (χ1v) is 42.4. The summed E-state index contributed by atoms with van der Waals surface area (Å²) < 4.78 is 72.3. The summed E-state index contributed by atoms with van der Waals surface area (Å²) in [7, 11) is 0. The number of rotatable bonds is 54. The van der Waals surface area contributed by atoms with Crippen LogP contribution in [0.3, 0.4) is 0 Å². The van der Waals surface area contributed by atoms with Crippen molar-refractivity contribution in [1.82, 2.24) is 16.0 Å². The lowest BCUT2D eigenvalue weighted by atomic mass is 9.86. The Morgan fingerprint density at radius 1 is 0.471 bits per heavy atom. The average Bonchev–Trinajstić information content (AvgIpc) is 0.752. The fraction of sp³-hybridized carbons (Fsp3) is 0.899. The number of aliphatic hydroxyl groups excluding tert-OH is 19. The number of carboxylic acids is 2. The van der Waals surface area contributed by atoms with Gasteiger partial charge in [0.25, 0.3) is 11.6 Å².